The van der Waals surface area contributed by atoms with Crippen LogP contribution in [-0.2, 0) is 4.79 Å². The standard InChI is InChI=1S/C18H26N4O2/c19-17(23)15-7-8-16(20-13-15)21-9-4-10-22(12-11-21)18(24)14-5-2-1-3-6-14/h7-8,13-14H,1-6,9-12H2,(H2,19,23). The Morgan fingerprint density at radius 3 is 2.46 bits per heavy atom. The van der Waals surface area contributed by atoms with Crippen LogP contribution in [0.15, 0.2) is 18.3 Å². The number of hydrogen-bond donors (Lipinski definition) is 1. The maximum atomic E-state index is 12.7. The highest BCUT2D eigenvalue weighted by molar-refractivity contribution is 5.92. The number of nitrogens with two attached hydrogens (primary N) is 1. The fourth-order valence-corrected chi connectivity index (χ4v) is 3.69. The number of aromatic nitrogens is 1. The Labute approximate surface area is 143 Å². The Morgan fingerprint density at radius 2 is 1.79 bits per heavy atom. The van der Waals surface area contributed by atoms with Crippen LogP contribution in [0.4, 0.5) is 5.82 Å². The van der Waals surface area contributed by atoms with Crippen molar-refractivity contribution in [3.8, 4) is 0 Å². The summed E-state index contributed by atoms with van der Waals surface area (Å²) < 4.78 is 0. The highest BCUT2D eigenvalue weighted by Crippen LogP contribution is 2.26. The second-order valence-corrected chi connectivity index (χ2v) is 6.77. The zero-order valence-electron chi connectivity index (χ0n) is 14.1. The molecule has 1 saturated heterocycles. The monoisotopic (exact) mass is 330 g/mol. The zero-order chi connectivity index (χ0) is 16.9. The van der Waals surface area contributed by atoms with Gasteiger partial charge in [0.2, 0.25) is 11.8 Å². The molecule has 2 amide bonds. The van der Waals surface area contributed by atoms with E-state index in [2.05, 4.69) is 9.88 Å². The third-order valence-corrected chi connectivity index (χ3v) is 5.12. The summed E-state index contributed by atoms with van der Waals surface area (Å²) >= 11 is 0. The molecular weight excluding hydrogens is 304 g/mol. The quantitative estimate of drug-likeness (QED) is 0.916. The van der Waals surface area contributed by atoms with E-state index in [-0.39, 0.29) is 5.92 Å². The number of carbonyl (C=O) groups excluding carboxylic acids is 2. The van der Waals surface area contributed by atoms with E-state index in [9.17, 15) is 9.59 Å². The summed E-state index contributed by atoms with van der Waals surface area (Å²) in [6, 6.07) is 3.54. The Bertz CT molecular complexity index is 581. The normalized spacial score (nSPS) is 19.8. The molecule has 1 aromatic heterocycles. The number of anilines is 1. The van der Waals surface area contributed by atoms with Crippen LogP contribution < -0.4 is 10.6 Å². The molecule has 0 radical (unpaired) electrons. The van der Waals surface area contributed by atoms with Crippen molar-refractivity contribution in [3.05, 3.63) is 23.9 Å². The van der Waals surface area contributed by atoms with Crippen LogP contribution in [0.1, 0.15) is 48.9 Å². The van der Waals surface area contributed by atoms with Gasteiger partial charge in [-0.25, -0.2) is 4.98 Å². The number of hydrogen-bond acceptors (Lipinski definition) is 4. The van der Waals surface area contributed by atoms with Gasteiger partial charge in [0.15, 0.2) is 0 Å². The van der Waals surface area contributed by atoms with Gasteiger partial charge in [-0.05, 0) is 31.4 Å². The van der Waals surface area contributed by atoms with Gasteiger partial charge in [0, 0.05) is 38.3 Å². The van der Waals surface area contributed by atoms with Gasteiger partial charge >= 0.3 is 0 Å². The summed E-state index contributed by atoms with van der Waals surface area (Å²) in [5, 5.41) is 0. The first-order valence-electron chi connectivity index (χ1n) is 8.95. The summed E-state index contributed by atoms with van der Waals surface area (Å²) in [6.45, 7) is 3.22. The molecule has 2 aliphatic rings. The van der Waals surface area contributed by atoms with Crippen molar-refractivity contribution in [1.29, 1.82) is 0 Å². The number of primary amides is 1. The predicted octanol–water partition coefficient (Wildman–Crippen LogP) is 1.80. The van der Waals surface area contributed by atoms with Crippen molar-refractivity contribution in [3.63, 3.8) is 0 Å². The summed E-state index contributed by atoms with van der Waals surface area (Å²) in [5.74, 6) is 0.952. The van der Waals surface area contributed by atoms with Crippen LogP contribution in [0.2, 0.25) is 0 Å². The molecular formula is C18H26N4O2. The first-order valence-corrected chi connectivity index (χ1v) is 8.95. The molecule has 2 fully saturated rings. The second kappa shape index (κ2) is 7.64. The van der Waals surface area contributed by atoms with Crippen molar-refractivity contribution < 1.29 is 9.59 Å². The molecule has 2 heterocycles. The van der Waals surface area contributed by atoms with E-state index in [0.717, 1.165) is 51.3 Å². The summed E-state index contributed by atoms with van der Waals surface area (Å²) in [4.78, 5) is 32.4. The Morgan fingerprint density at radius 1 is 1.00 bits per heavy atom. The van der Waals surface area contributed by atoms with Crippen molar-refractivity contribution in [2.75, 3.05) is 31.1 Å². The molecule has 3 rings (SSSR count). The highest BCUT2D eigenvalue weighted by Gasteiger charge is 2.27. The highest BCUT2D eigenvalue weighted by atomic mass is 16.2. The molecule has 0 aromatic carbocycles. The van der Waals surface area contributed by atoms with E-state index in [1.165, 1.54) is 25.5 Å². The lowest BCUT2D eigenvalue weighted by molar-refractivity contribution is -0.136. The third kappa shape index (κ3) is 3.86. The SMILES string of the molecule is NC(=O)c1ccc(N2CCCN(C(=O)C3CCCCC3)CC2)nc1. The molecule has 6 nitrogen and oxygen atoms in total. The van der Waals surface area contributed by atoms with E-state index in [4.69, 9.17) is 5.73 Å². The summed E-state index contributed by atoms with van der Waals surface area (Å²) in [7, 11) is 0. The molecule has 1 aliphatic heterocycles. The first-order chi connectivity index (χ1) is 11.6. The Balaban J connectivity index is 1.60. The van der Waals surface area contributed by atoms with Crippen LogP contribution in [-0.4, -0.2) is 47.9 Å². The molecule has 2 N–H and O–H groups in total. The van der Waals surface area contributed by atoms with E-state index >= 15 is 0 Å². The van der Waals surface area contributed by atoms with Crippen LogP contribution in [0, 0.1) is 5.92 Å². The maximum absolute atomic E-state index is 12.7. The van der Waals surface area contributed by atoms with Crippen LogP contribution in [0.25, 0.3) is 0 Å². The van der Waals surface area contributed by atoms with Gasteiger partial charge in [-0.2, -0.15) is 0 Å². The smallest absolute Gasteiger partial charge is 0.250 e. The van der Waals surface area contributed by atoms with Gasteiger partial charge in [0.1, 0.15) is 5.82 Å². The first kappa shape index (κ1) is 16.7. The Hall–Kier alpha value is -2.11. The molecule has 1 aliphatic carbocycles. The maximum Gasteiger partial charge on any atom is 0.250 e. The number of nitrogens with zero attached hydrogens (tertiary/aromatic N) is 3. The van der Waals surface area contributed by atoms with E-state index in [0.29, 0.717) is 11.5 Å². The minimum Gasteiger partial charge on any atom is -0.366 e. The van der Waals surface area contributed by atoms with E-state index in [1.54, 1.807) is 6.07 Å². The number of rotatable bonds is 3. The summed E-state index contributed by atoms with van der Waals surface area (Å²) in [5.41, 5.74) is 5.67. The lowest BCUT2D eigenvalue weighted by atomic mass is 9.88. The average molecular weight is 330 g/mol. The molecule has 1 aromatic rings. The van der Waals surface area contributed by atoms with E-state index in [1.807, 2.05) is 11.0 Å². The number of carbonyl (C=O) groups is 2. The fraction of sp³-hybridized carbons (Fsp3) is 0.611. The van der Waals surface area contributed by atoms with E-state index < -0.39 is 5.91 Å². The van der Waals surface area contributed by atoms with Crippen LogP contribution >= 0.6 is 0 Å². The molecule has 1 saturated carbocycles. The zero-order valence-corrected chi connectivity index (χ0v) is 14.1. The van der Waals surface area contributed by atoms with Crippen molar-refractivity contribution in [2.45, 2.75) is 38.5 Å². The Kier molecular flexibility index (Phi) is 5.33. The largest absolute Gasteiger partial charge is 0.366 e. The number of pyridine rings is 1. The van der Waals surface area contributed by atoms with Gasteiger partial charge in [-0.1, -0.05) is 19.3 Å². The van der Waals surface area contributed by atoms with Crippen molar-refractivity contribution >= 4 is 17.6 Å². The topological polar surface area (TPSA) is 79.5 Å². The predicted molar refractivity (Wildman–Crippen MR) is 92.7 cm³/mol. The van der Waals surface area contributed by atoms with Crippen molar-refractivity contribution in [2.24, 2.45) is 11.7 Å². The fourth-order valence-electron chi connectivity index (χ4n) is 3.69. The van der Waals surface area contributed by atoms with Crippen molar-refractivity contribution in [1.82, 2.24) is 9.88 Å². The molecule has 24 heavy (non-hydrogen) atoms. The second-order valence-electron chi connectivity index (χ2n) is 6.77. The minimum absolute atomic E-state index is 0.235. The molecule has 0 atom stereocenters. The van der Waals surface area contributed by atoms with Crippen LogP contribution in [0.3, 0.4) is 0 Å². The van der Waals surface area contributed by atoms with Crippen LogP contribution in [0.5, 0.6) is 0 Å². The third-order valence-electron chi connectivity index (χ3n) is 5.12. The number of amides is 2. The van der Waals surface area contributed by atoms with Gasteiger partial charge in [-0.15, -0.1) is 0 Å². The average Bonchev–Trinajstić information content (AvgIpc) is 2.88. The molecule has 0 unspecified atom stereocenters. The minimum atomic E-state index is -0.464. The molecule has 130 valence electrons. The summed E-state index contributed by atoms with van der Waals surface area (Å²) in [6.07, 6.45) is 8.21. The molecule has 0 spiro atoms. The lowest BCUT2D eigenvalue weighted by Gasteiger charge is -2.28. The van der Waals surface area contributed by atoms with Gasteiger partial charge in [0.05, 0.1) is 5.56 Å². The lowest BCUT2D eigenvalue weighted by Crippen LogP contribution is -2.39. The van der Waals surface area contributed by atoms with Gasteiger partial charge in [0.25, 0.3) is 0 Å². The molecule has 6 heteroatoms. The molecule has 0 bridgehead atoms. The van der Waals surface area contributed by atoms with Gasteiger partial charge in [-0.3, -0.25) is 9.59 Å². The van der Waals surface area contributed by atoms with Gasteiger partial charge < -0.3 is 15.5 Å².